The molecule has 16 heavy (non-hydrogen) atoms. The summed E-state index contributed by atoms with van der Waals surface area (Å²) in [6.07, 6.45) is 0. The predicted octanol–water partition coefficient (Wildman–Crippen LogP) is 2.06. The van der Waals surface area contributed by atoms with E-state index in [4.69, 9.17) is 22.1 Å². The summed E-state index contributed by atoms with van der Waals surface area (Å²) >= 11 is 5.96. The number of nitrogens with two attached hydrogens (primary N) is 1. The summed E-state index contributed by atoms with van der Waals surface area (Å²) in [5.41, 5.74) is 8.60. The molecule has 1 aromatic heterocycles. The van der Waals surface area contributed by atoms with Crippen molar-refractivity contribution in [2.75, 3.05) is 7.11 Å². The van der Waals surface area contributed by atoms with E-state index in [1.807, 2.05) is 19.1 Å². The zero-order valence-corrected chi connectivity index (χ0v) is 9.88. The largest absolute Gasteiger partial charge is 0.494 e. The lowest BCUT2D eigenvalue weighted by molar-refractivity contribution is 0.418. The fourth-order valence-electron chi connectivity index (χ4n) is 1.56. The van der Waals surface area contributed by atoms with Gasteiger partial charge in [-0.1, -0.05) is 11.6 Å². The maximum absolute atomic E-state index is 5.96. The van der Waals surface area contributed by atoms with Gasteiger partial charge in [-0.05, 0) is 24.6 Å². The molecular formula is C11H12ClN3O. The number of hydrogen-bond acceptors (Lipinski definition) is 4. The maximum Gasteiger partial charge on any atom is 0.152 e. The fourth-order valence-corrected chi connectivity index (χ4v) is 1.77. The van der Waals surface area contributed by atoms with Crippen LogP contribution in [-0.4, -0.2) is 17.1 Å². The van der Waals surface area contributed by atoms with Gasteiger partial charge in [0, 0.05) is 6.54 Å². The average Bonchev–Trinajstić information content (AvgIpc) is 2.28. The monoisotopic (exact) mass is 237 g/mol. The van der Waals surface area contributed by atoms with E-state index in [1.54, 1.807) is 7.11 Å². The van der Waals surface area contributed by atoms with E-state index in [-0.39, 0.29) is 6.54 Å². The Labute approximate surface area is 98.4 Å². The summed E-state index contributed by atoms with van der Waals surface area (Å²) in [6, 6.07) is 3.83. The number of methoxy groups -OCH3 is 1. The maximum atomic E-state index is 5.96. The van der Waals surface area contributed by atoms with Crippen molar-refractivity contribution < 1.29 is 4.74 Å². The summed E-state index contributed by atoms with van der Waals surface area (Å²) in [6.45, 7) is 2.25. The molecule has 0 spiro atoms. The molecular weight excluding hydrogens is 226 g/mol. The molecule has 0 aliphatic heterocycles. The van der Waals surface area contributed by atoms with Gasteiger partial charge >= 0.3 is 0 Å². The molecule has 0 atom stereocenters. The third-order valence-corrected chi connectivity index (χ3v) is 2.62. The number of nitrogens with zero attached hydrogens (tertiary/aromatic N) is 2. The molecule has 5 heteroatoms. The molecule has 2 N–H and O–H groups in total. The van der Waals surface area contributed by atoms with Gasteiger partial charge < -0.3 is 10.5 Å². The molecule has 0 fully saturated rings. The Morgan fingerprint density at radius 3 is 2.75 bits per heavy atom. The number of rotatable bonds is 2. The van der Waals surface area contributed by atoms with Crippen LogP contribution < -0.4 is 10.5 Å². The molecule has 2 rings (SSSR count). The summed E-state index contributed by atoms with van der Waals surface area (Å²) < 4.78 is 5.24. The molecule has 0 saturated heterocycles. The van der Waals surface area contributed by atoms with Crippen molar-refractivity contribution in [2.45, 2.75) is 13.5 Å². The highest BCUT2D eigenvalue weighted by molar-refractivity contribution is 6.30. The van der Waals surface area contributed by atoms with Crippen LogP contribution in [0, 0.1) is 6.92 Å². The van der Waals surface area contributed by atoms with Crippen molar-refractivity contribution in [1.82, 2.24) is 9.97 Å². The first-order valence-electron chi connectivity index (χ1n) is 4.86. The summed E-state index contributed by atoms with van der Waals surface area (Å²) in [7, 11) is 1.60. The van der Waals surface area contributed by atoms with Gasteiger partial charge in [0.25, 0.3) is 0 Å². The van der Waals surface area contributed by atoms with E-state index in [1.165, 1.54) is 0 Å². The quantitative estimate of drug-likeness (QED) is 0.869. The van der Waals surface area contributed by atoms with Gasteiger partial charge in [-0.25, -0.2) is 9.97 Å². The number of hydrogen-bond donors (Lipinski definition) is 1. The normalized spacial score (nSPS) is 10.8. The molecule has 0 saturated carbocycles. The van der Waals surface area contributed by atoms with E-state index in [0.29, 0.717) is 22.1 Å². The average molecular weight is 238 g/mol. The molecule has 0 aliphatic carbocycles. The van der Waals surface area contributed by atoms with Crippen molar-refractivity contribution >= 4 is 22.6 Å². The van der Waals surface area contributed by atoms with Gasteiger partial charge in [0.15, 0.2) is 5.15 Å². The van der Waals surface area contributed by atoms with Crippen LogP contribution in [0.5, 0.6) is 5.75 Å². The number of aryl methyl sites for hydroxylation is 1. The Balaban J connectivity index is 2.79. The molecule has 0 aliphatic rings. The summed E-state index contributed by atoms with van der Waals surface area (Å²) in [4.78, 5) is 8.62. The number of fused-ring (bicyclic) bond motifs is 1. The molecule has 0 amide bonds. The van der Waals surface area contributed by atoms with Crippen LogP contribution in [0.2, 0.25) is 5.15 Å². The van der Waals surface area contributed by atoms with Crippen molar-refractivity contribution in [2.24, 2.45) is 5.73 Å². The third kappa shape index (κ3) is 1.81. The first-order chi connectivity index (χ1) is 7.65. The van der Waals surface area contributed by atoms with Crippen LogP contribution in [0.25, 0.3) is 11.0 Å². The Kier molecular flexibility index (Phi) is 2.94. The molecule has 0 unspecified atom stereocenters. The molecule has 84 valence electrons. The highest BCUT2D eigenvalue weighted by Gasteiger charge is 2.10. The van der Waals surface area contributed by atoms with E-state index >= 15 is 0 Å². The van der Waals surface area contributed by atoms with Gasteiger partial charge in [0.2, 0.25) is 0 Å². The second-order valence-electron chi connectivity index (χ2n) is 3.50. The Morgan fingerprint density at radius 2 is 2.12 bits per heavy atom. The third-order valence-electron chi connectivity index (χ3n) is 2.32. The van der Waals surface area contributed by atoms with Gasteiger partial charge in [0.1, 0.15) is 11.3 Å². The lowest BCUT2D eigenvalue weighted by atomic mass is 10.2. The van der Waals surface area contributed by atoms with Crippen LogP contribution in [0.3, 0.4) is 0 Å². The number of aromatic nitrogens is 2. The van der Waals surface area contributed by atoms with E-state index in [9.17, 15) is 0 Å². The Bertz CT molecular complexity index is 542. The first kappa shape index (κ1) is 11.1. The molecule has 0 radical (unpaired) electrons. The standard InChI is InChI=1S/C11H12ClN3O/c1-6-3-7-10(9(4-6)16-2)15-11(12)8(5-13)14-7/h3-4H,5,13H2,1-2H3. The van der Waals surface area contributed by atoms with Crippen molar-refractivity contribution in [3.05, 3.63) is 28.5 Å². The van der Waals surface area contributed by atoms with Crippen LogP contribution in [0.15, 0.2) is 12.1 Å². The van der Waals surface area contributed by atoms with Gasteiger partial charge in [0.05, 0.1) is 18.3 Å². The van der Waals surface area contributed by atoms with Gasteiger partial charge in [-0.2, -0.15) is 0 Å². The molecule has 4 nitrogen and oxygen atoms in total. The second-order valence-corrected chi connectivity index (χ2v) is 3.86. The minimum atomic E-state index is 0.276. The summed E-state index contributed by atoms with van der Waals surface area (Å²) in [5.74, 6) is 0.674. The van der Waals surface area contributed by atoms with Crippen LogP contribution in [-0.2, 0) is 6.54 Å². The van der Waals surface area contributed by atoms with Crippen LogP contribution in [0.4, 0.5) is 0 Å². The smallest absolute Gasteiger partial charge is 0.152 e. The number of benzene rings is 1. The van der Waals surface area contributed by atoms with Crippen LogP contribution in [0.1, 0.15) is 11.3 Å². The van der Waals surface area contributed by atoms with Gasteiger partial charge in [-0.3, -0.25) is 0 Å². The van der Waals surface area contributed by atoms with Crippen LogP contribution >= 0.6 is 11.6 Å². The lowest BCUT2D eigenvalue weighted by Gasteiger charge is -2.08. The molecule has 0 bridgehead atoms. The summed E-state index contributed by atoms with van der Waals surface area (Å²) in [5, 5.41) is 0.331. The Hall–Kier alpha value is -1.39. The zero-order chi connectivity index (χ0) is 11.7. The molecule has 1 aromatic carbocycles. The minimum absolute atomic E-state index is 0.276. The van der Waals surface area contributed by atoms with Crippen molar-refractivity contribution in [3.8, 4) is 5.75 Å². The van der Waals surface area contributed by atoms with Gasteiger partial charge in [-0.15, -0.1) is 0 Å². The fraction of sp³-hybridized carbons (Fsp3) is 0.273. The second kappa shape index (κ2) is 4.23. The lowest BCUT2D eigenvalue weighted by Crippen LogP contribution is -2.03. The predicted molar refractivity (Wildman–Crippen MR) is 63.7 cm³/mol. The highest BCUT2D eigenvalue weighted by atomic mass is 35.5. The minimum Gasteiger partial charge on any atom is -0.494 e. The van der Waals surface area contributed by atoms with E-state index in [2.05, 4.69) is 9.97 Å². The number of halogens is 1. The topological polar surface area (TPSA) is 61.0 Å². The Morgan fingerprint density at radius 1 is 1.38 bits per heavy atom. The van der Waals surface area contributed by atoms with E-state index < -0.39 is 0 Å². The van der Waals surface area contributed by atoms with E-state index in [0.717, 1.165) is 11.1 Å². The highest BCUT2D eigenvalue weighted by Crippen LogP contribution is 2.26. The number of ether oxygens (including phenoxy) is 1. The zero-order valence-electron chi connectivity index (χ0n) is 9.12. The molecule has 2 aromatic rings. The van der Waals surface area contributed by atoms with Crippen molar-refractivity contribution in [1.29, 1.82) is 0 Å². The first-order valence-corrected chi connectivity index (χ1v) is 5.24. The SMILES string of the molecule is COc1cc(C)cc2nc(CN)c(Cl)nc12. The molecule has 1 heterocycles. The van der Waals surface area contributed by atoms with Crippen molar-refractivity contribution in [3.63, 3.8) is 0 Å².